The van der Waals surface area contributed by atoms with Gasteiger partial charge >= 0.3 is 5.97 Å². The van der Waals surface area contributed by atoms with Crippen LogP contribution in [0.25, 0.3) is 11.4 Å². The number of aromatic nitrogens is 3. The normalized spacial score (nSPS) is 15.1. The van der Waals surface area contributed by atoms with Crippen molar-refractivity contribution in [2.75, 3.05) is 11.1 Å². The van der Waals surface area contributed by atoms with Crippen molar-refractivity contribution in [3.8, 4) is 11.4 Å². The lowest BCUT2D eigenvalue weighted by Crippen LogP contribution is -2.18. The van der Waals surface area contributed by atoms with E-state index >= 15 is 0 Å². The summed E-state index contributed by atoms with van der Waals surface area (Å²) in [6, 6.07) is 0. The van der Waals surface area contributed by atoms with Crippen LogP contribution in [-0.2, 0) is 29.4 Å². The highest BCUT2D eigenvalue weighted by molar-refractivity contribution is 7.99. The average Bonchev–Trinajstić information content (AvgIpc) is 3.46. The molecule has 1 atom stereocenters. The summed E-state index contributed by atoms with van der Waals surface area (Å²) < 4.78 is 7.21. The number of esters is 1. The summed E-state index contributed by atoms with van der Waals surface area (Å²) in [5.41, 5.74) is 8.49. The number of carbonyl (C=O) groups is 3. The summed E-state index contributed by atoms with van der Waals surface area (Å²) in [5, 5.41) is 14.5. The van der Waals surface area contributed by atoms with Gasteiger partial charge in [0, 0.05) is 22.9 Å². The highest BCUT2D eigenvalue weighted by atomic mass is 32.2. The Kier molecular flexibility index (Phi) is 7.86. The maximum absolute atomic E-state index is 12.8. The maximum Gasteiger partial charge on any atom is 0.341 e. The first-order chi connectivity index (χ1) is 17.1. The Balaban J connectivity index is 1.47. The van der Waals surface area contributed by atoms with Crippen LogP contribution >= 0.6 is 34.4 Å². The molecule has 3 aromatic rings. The minimum atomic E-state index is -0.664. The van der Waals surface area contributed by atoms with Crippen molar-refractivity contribution < 1.29 is 19.1 Å². The molecule has 0 saturated carbocycles. The summed E-state index contributed by atoms with van der Waals surface area (Å²) >= 11 is 4.00. The lowest BCUT2D eigenvalue weighted by molar-refractivity contribution is -0.113. The molecule has 3 N–H and O–H groups in total. The van der Waals surface area contributed by atoms with E-state index in [1.807, 2.05) is 11.6 Å². The Morgan fingerprint density at radius 3 is 2.78 bits per heavy atom. The van der Waals surface area contributed by atoms with Crippen molar-refractivity contribution >= 4 is 57.2 Å². The summed E-state index contributed by atoms with van der Waals surface area (Å²) in [5.74, 6) is -0.0754. The number of rotatable bonds is 8. The number of carbonyl (C=O) groups excluding carboxylic acids is 3. The Bertz CT molecular complexity index is 1320. The van der Waals surface area contributed by atoms with Crippen molar-refractivity contribution in [3.05, 3.63) is 31.8 Å². The van der Waals surface area contributed by atoms with Crippen molar-refractivity contribution in [2.24, 2.45) is 18.7 Å². The first kappa shape index (κ1) is 26.4. The molecule has 0 bridgehead atoms. The predicted octanol–water partition coefficient (Wildman–Crippen LogP) is 4.43. The molecule has 1 aliphatic carbocycles. The molecule has 192 valence electrons. The summed E-state index contributed by atoms with van der Waals surface area (Å²) in [7, 11) is 1.90. The van der Waals surface area contributed by atoms with Crippen LogP contribution in [0.1, 0.15) is 63.2 Å². The van der Waals surface area contributed by atoms with Crippen molar-refractivity contribution in [2.45, 2.75) is 58.2 Å². The zero-order valence-electron chi connectivity index (χ0n) is 20.8. The van der Waals surface area contributed by atoms with Gasteiger partial charge in [-0.1, -0.05) is 18.7 Å². The SMILES string of the molecule is Cc1c(C(N)=O)sc(NC(=O)CSc2nnc(-c3csc4c3CCC(C)C4)n2C)c1C(=O)OC(C)C. The lowest BCUT2D eigenvalue weighted by atomic mass is 9.88. The van der Waals surface area contributed by atoms with E-state index in [0.29, 0.717) is 16.6 Å². The molecule has 4 rings (SSSR count). The van der Waals surface area contributed by atoms with Crippen LogP contribution in [0.2, 0.25) is 0 Å². The van der Waals surface area contributed by atoms with E-state index in [1.165, 1.54) is 28.6 Å². The van der Waals surface area contributed by atoms with E-state index < -0.39 is 11.9 Å². The second-order valence-electron chi connectivity index (χ2n) is 9.18. The zero-order valence-corrected chi connectivity index (χ0v) is 23.3. The first-order valence-corrected chi connectivity index (χ1v) is 14.3. The van der Waals surface area contributed by atoms with Gasteiger partial charge < -0.3 is 20.4 Å². The van der Waals surface area contributed by atoms with Crippen LogP contribution < -0.4 is 11.1 Å². The number of hydrogen-bond acceptors (Lipinski definition) is 9. The number of amides is 2. The molecular weight excluding hydrogens is 518 g/mol. The van der Waals surface area contributed by atoms with E-state index in [1.54, 1.807) is 32.1 Å². The van der Waals surface area contributed by atoms with Gasteiger partial charge in [-0.2, -0.15) is 0 Å². The van der Waals surface area contributed by atoms with Crippen LogP contribution in [0, 0.1) is 12.8 Å². The molecule has 0 fully saturated rings. The van der Waals surface area contributed by atoms with Crippen LogP contribution in [0.5, 0.6) is 0 Å². The number of nitrogens with two attached hydrogens (primary N) is 1. The predicted molar refractivity (Wildman–Crippen MR) is 143 cm³/mol. The quantitative estimate of drug-likeness (QED) is 0.315. The zero-order chi connectivity index (χ0) is 26.1. The number of hydrogen-bond donors (Lipinski definition) is 2. The summed E-state index contributed by atoms with van der Waals surface area (Å²) in [4.78, 5) is 38.9. The Morgan fingerprint density at radius 1 is 1.33 bits per heavy atom. The number of thiophene rings is 2. The molecule has 0 aliphatic heterocycles. The van der Waals surface area contributed by atoms with E-state index in [0.717, 1.165) is 35.6 Å². The third-order valence-corrected chi connectivity index (χ3v) is 9.27. The number of anilines is 1. The van der Waals surface area contributed by atoms with Gasteiger partial charge in [0.25, 0.3) is 5.91 Å². The van der Waals surface area contributed by atoms with Gasteiger partial charge in [-0.05, 0) is 57.1 Å². The highest BCUT2D eigenvalue weighted by Crippen LogP contribution is 2.38. The van der Waals surface area contributed by atoms with Gasteiger partial charge in [0.2, 0.25) is 5.91 Å². The fraction of sp³-hybridized carbons (Fsp3) is 0.458. The molecule has 3 heterocycles. The molecule has 9 nitrogen and oxygen atoms in total. The molecule has 0 spiro atoms. The number of nitrogens with zero attached hydrogens (tertiary/aromatic N) is 3. The smallest absolute Gasteiger partial charge is 0.341 e. The highest BCUT2D eigenvalue weighted by Gasteiger charge is 2.27. The Morgan fingerprint density at radius 2 is 2.08 bits per heavy atom. The van der Waals surface area contributed by atoms with E-state index in [9.17, 15) is 14.4 Å². The minimum absolute atomic E-state index is 0.0484. The molecule has 3 aromatic heterocycles. The van der Waals surface area contributed by atoms with Crippen LogP contribution in [-0.4, -0.2) is 44.4 Å². The van der Waals surface area contributed by atoms with Crippen molar-refractivity contribution in [3.63, 3.8) is 0 Å². The largest absolute Gasteiger partial charge is 0.459 e. The fourth-order valence-corrected chi connectivity index (χ4v) is 7.21. The molecule has 1 aliphatic rings. The number of thioether (sulfide) groups is 1. The van der Waals surface area contributed by atoms with Crippen LogP contribution in [0.4, 0.5) is 5.00 Å². The molecule has 1 unspecified atom stereocenters. The van der Waals surface area contributed by atoms with Gasteiger partial charge in [-0.3, -0.25) is 9.59 Å². The van der Waals surface area contributed by atoms with Gasteiger partial charge in [0.05, 0.1) is 22.3 Å². The van der Waals surface area contributed by atoms with Crippen molar-refractivity contribution in [1.29, 1.82) is 0 Å². The van der Waals surface area contributed by atoms with Crippen LogP contribution in [0.3, 0.4) is 0 Å². The number of fused-ring (bicyclic) bond motifs is 1. The third kappa shape index (κ3) is 5.35. The van der Waals surface area contributed by atoms with Gasteiger partial charge in [0.15, 0.2) is 11.0 Å². The Hall–Kier alpha value is -2.70. The lowest BCUT2D eigenvalue weighted by Gasteiger charge is -2.18. The second kappa shape index (κ2) is 10.7. The number of nitrogens with one attached hydrogen (secondary N) is 1. The van der Waals surface area contributed by atoms with Gasteiger partial charge in [0.1, 0.15) is 5.00 Å². The molecule has 36 heavy (non-hydrogen) atoms. The van der Waals surface area contributed by atoms with Crippen LogP contribution in [0.15, 0.2) is 10.5 Å². The topological polar surface area (TPSA) is 129 Å². The molecular formula is C24H29N5O4S3. The molecule has 2 amide bonds. The molecule has 0 aromatic carbocycles. The third-order valence-electron chi connectivity index (χ3n) is 5.98. The molecule has 12 heteroatoms. The molecule has 0 radical (unpaired) electrons. The summed E-state index contributed by atoms with van der Waals surface area (Å²) in [6.07, 6.45) is 2.96. The van der Waals surface area contributed by atoms with E-state index in [-0.39, 0.29) is 33.2 Å². The summed E-state index contributed by atoms with van der Waals surface area (Å²) in [6.45, 7) is 7.35. The van der Waals surface area contributed by atoms with E-state index in [2.05, 4.69) is 27.8 Å². The fourth-order valence-electron chi connectivity index (χ4n) is 4.19. The average molecular weight is 548 g/mol. The molecule has 0 saturated heterocycles. The van der Waals surface area contributed by atoms with Crippen molar-refractivity contribution in [1.82, 2.24) is 14.8 Å². The second-order valence-corrected chi connectivity index (χ2v) is 12.1. The van der Waals surface area contributed by atoms with E-state index in [4.69, 9.17) is 10.5 Å². The van der Waals surface area contributed by atoms with Gasteiger partial charge in [-0.25, -0.2) is 4.79 Å². The maximum atomic E-state index is 12.8. The Labute approximate surface area is 221 Å². The van der Waals surface area contributed by atoms with Gasteiger partial charge in [-0.15, -0.1) is 32.9 Å². The monoisotopic (exact) mass is 547 g/mol. The first-order valence-electron chi connectivity index (χ1n) is 11.6. The number of ether oxygens (including phenoxy) is 1. The number of primary amides is 1. The minimum Gasteiger partial charge on any atom is -0.459 e. The standard InChI is InChI=1S/C24H29N5O4S3/c1-11(2)33-23(32)18-13(4)19(20(25)31)36-22(18)26-17(30)10-35-24-28-27-21(29(24)5)15-9-34-16-8-12(3)6-7-14(15)16/h9,11-12H,6-8,10H2,1-5H3,(H2,25,31)(H,26,30).